The van der Waals surface area contributed by atoms with E-state index in [-0.39, 0.29) is 0 Å². The molecule has 9 aromatic carbocycles. The first-order chi connectivity index (χ1) is 30.7. The van der Waals surface area contributed by atoms with Crippen molar-refractivity contribution in [3.05, 3.63) is 224 Å². The highest BCUT2D eigenvalue weighted by Crippen LogP contribution is 2.40. The molecule has 0 spiro atoms. The summed E-state index contributed by atoms with van der Waals surface area (Å²) in [5.74, 6) is 1.88. The van der Waals surface area contributed by atoms with Crippen LogP contribution in [-0.4, -0.2) is 24.1 Å². The normalized spacial score (nSPS) is 11.5. The molecule has 0 aliphatic heterocycles. The lowest BCUT2D eigenvalue weighted by Crippen LogP contribution is -2.00. The molecule has 5 heteroatoms. The Morgan fingerprint density at radius 1 is 0.226 bits per heavy atom. The summed E-state index contributed by atoms with van der Waals surface area (Å²) in [6.45, 7) is 0. The number of fused-ring (bicyclic) bond motifs is 6. The third-order valence-electron chi connectivity index (χ3n) is 11.9. The lowest BCUT2D eigenvalue weighted by molar-refractivity contribution is 1.07. The summed E-state index contributed by atoms with van der Waals surface area (Å²) in [7, 11) is 0. The zero-order valence-electron chi connectivity index (χ0n) is 33.6. The molecule has 0 aliphatic carbocycles. The van der Waals surface area contributed by atoms with Gasteiger partial charge in [0.05, 0.1) is 22.1 Å². The second-order valence-electron chi connectivity index (χ2n) is 15.7. The van der Waals surface area contributed by atoms with Gasteiger partial charge in [-0.3, -0.25) is 0 Å². The summed E-state index contributed by atoms with van der Waals surface area (Å²) in [5, 5.41) is 4.81. The second kappa shape index (κ2) is 14.7. The number of rotatable bonds is 7. The number of nitrogens with zero attached hydrogens (tertiary/aromatic N) is 5. The van der Waals surface area contributed by atoms with Crippen molar-refractivity contribution in [1.29, 1.82) is 0 Å². The summed E-state index contributed by atoms with van der Waals surface area (Å²) in [5.41, 5.74) is 14.1. The largest absolute Gasteiger partial charge is 0.309 e. The van der Waals surface area contributed by atoms with Crippen molar-refractivity contribution in [2.24, 2.45) is 0 Å². The monoisotopic (exact) mass is 791 g/mol. The fourth-order valence-corrected chi connectivity index (χ4v) is 9.04. The van der Waals surface area contributed by atoms with E-state index in [1.165, 1.54) is 32.6 Å². The van der Waals surface area contributed by atoms with Gasteiger partial charge in [-0.2, -0.15) is 0 Å². The summed E-state index contributed by atoms with van der Waals surface area (Å²) in [6.07, 6.45) is 0. The Kier molecular flexibility index (Phi) is 8.42. The van der Waals surface area contributed by atoms with Crippen LogP contribution in [0.25, 0.3) is 111 Å². The van der Waals surface area contributed by atoms with Crippen LogP contribution in [0, 0.1) is 0 Å². The molecule has 0 saturated heterocycles. The van der Waals surface area contributed by atoms with E-state index in [1.807, 2.05) is 36.4 Å². The van der Waals surface area contributed by atoms with E-state index < -0.39 is 0 Å². The molecule has 0 radical (unpaired) electrons. The Hall–Kier alpha value is -8.41. The van der Waals surface area contributed by atoms with Crippen LogP contribution < -0.4 is 0 Å². The molecule has 0 fully saturated rings. The van der Waals surface area contributed by atoms with Crippen LogP contribution in [0.2, 0.25) is 0 Å². The number of hydrogen-bond acceptors (Lipinski definition) is 3. The van der Waals surface area contributed by atoms with E-state index in [9.17, 15) is 0 Å². The van der Waals surface area contributed by atoms with Gasteiger partial charge in [0.2, 0.25) is 0 Å². The second-order valence-corrected chi connectivity index (χ2v) is 15.7. The molecule has 0 N–H and O–H groups in total. The zero-order valence-corrected chi connectivity index (χ0v) is 33.6. The molecule has 3 heterocycles. The Balaban J connectivity index is 1.10. The van der Waals surface area contributed by atoms with Crippen LogP contribution in [0.3, 0.4) is 0 Å². The molecular weight excluding hydrogens is 755 g/mol. The molecule has 0 unspecified atom stereocenters. The molecule has 0 atom stereocenters. The van der Waals surface area contributed by atoms with Gasteiger partial charge in [-0.05, 0) is 101 Å². The van der Waals surface area contributed by atoms with E-state index in [0.29, 0.717) is 17.5 Å². The van der Waals surface area contributed by atoms with Gasteiger partial charge in [-0.25, -0.2) is 15.0 Å². The first-order valence-electron chi connectivity index (χ1n) is 20.9. The van der Waals surface area contributed by atoms with Gasteiger partial charge in [-0.15, -0.1) is 0 Å². The third-order valence-corrected chi connectivity index (χ3v) is 11.9. The van der Waals surface area contributed by atoms with Gasteiger partial charge in [0.1, 0.15) is 0 Å². The molecular formula is C57H37N5. The third kappa shape index (κ3) is 6.06. The van der Waals surface area contributed by atoms with E-state index >= 15 is 0 Å². The van der Waals surface area contributed by atoms with Crippen molar-refractivity contribution in [2.45, 2.75) is 0 Å². The minimum Gasteiger partial charge on any atom is -0.309 e. The first-order valence-corrected chi connectivity index (χ1v) is 20.9. The molecule has 0 saturated carbocycles. The van der Waals surface area contributed by atoms with E-state index in [0.717, 1.165) is 61.4 Å². The van der Waals surface area contributed by atoms with E-state index in [1.54, 1.807) is 0 Å². The van der Waals surface area contributed by atoms with Gasteiger partial charge in [0, 0.05) is 49.6 Å². The molecule has 0 aliphatic rings. The Labute approximate surface area is 358 Å². The smallest absolute Gasteiger partial charge is 0.164 e. The number of hydrogen-bond donors (Lipinski definition) is 0. The highest BCUT2D eigenvalue weighted by molar-refractivity contribution is 6.12. The minimum atomic E-state index is 0.615. The van der Waals surface area contributed by atoms with Crippen LogP contribution in [0.15, 0.2) is 224 Å². The molecule has 3 aromatic heterocycles. The topological polar surface area (TPSA) is 48.5 Å². The van der Waals surface area contributed by atoms with E-state index in [4.69, 9.17) is 15.0 Å². The predicted octanol–water partition coefficient (Wildman–Crippen LogP) is 14.4. The lowest BCUT2D eigenvalue weighted by atomic mass is 9.94. The molecule has 290 valence electrons. The average Bonchev–Trinajstić information content (AvgIpc) is 3.87. The van der Waals surface area contributed by atoms with E-state index in [2.05, 4.69) is 197 Å². The SMILES string of the molecule is c1ccc(-c2nc(-c3ccccc3)nc(-c3cc(-c4ccc5c(c4)c4ccccc4n5-c4ccccc4)cc(-c4ccc5c(c4)c4ccccc4n5-c4ccccc4)c3)n2)cc1. The van der Waals surface area contributed by atoms with Gasteiger partial charge in [-0.1, -0.05) is 146 Å². The first kappa shape index (κ1) is 35.5. The van der Waals surface area contributed by atoms with Crippen molar-refractivity contribution in [1.82, 2.24) is 24.1 Å². The van der Waals surface area contributed by atoms with Crippen LogP contribution in [0.1, 0.15) is 0 Å². The maximum atomic E-state index is 5.20. The molecule has 12 aromatic rings. The Bertz CT molecular complexity index is 3380. The van der Waals surface area contributed by atoms with Crippen LogP contribution >= 0.6 is 0 Å². The predicted molar refractivity (Wildman–Crippen MR) is 256 cm³/mol. The summed E-state index contributed by atoms with van der Waals surface area (Å²) >= 11 is 0. The van der Waals surface area contributed by atoms with Gasteiger partial charge >= 0.3 is 0 Å². The summed E-state index contributed by atoms with van der Waals surface area (Å²) < 4.78 is 4.72. The number of benzene rings is 9. The number of aromatic nitrogens is 5. The summed E-state index contributed by atoms with van der Waals surface area (Å²) in [6, 6.07) is 79.4. The van der Waals surface area contributed by atoms with Crippen LogP contribution in [0.5, 0.6) is 0 Å². The summed E-state index contributed by atoms with van der Waals surface area (Å²) in [4.78, 5) is 15.4. The minimum absolute atomic E-state index is 0.615. The van der Waals surface area contributed by atoms with Crippen molar-refractivity contribution in [3.8, 4) is 67.8 Å². The van der Waals surface area contributed by atoms with Crippen molar-refractivity contribution in [3.63, 3.8) is 0 Å². The fourth-order valence-electron chi connectivity index (χ4n) is 9.04. The molecule has 5 nitrogen and oxygen atoms in total. The highest BCUT2D eigenvalue weighted by atomic mass is 15.0. The van der Waals surface area contributed by atoms with Gasteiger partial charge in [0.15, 0.2) is 17.5 Å². The average molecular weight is 792 g/mol. The van der Waals surface area contributed by atoms with Crippen LogP contribution in [-0.2, 0) is 0 Å². The fraction of sp³-hybridized carbons (Fsp3) is 0. The molecule has 12 rings (SSSR count). The van der Waals surface area contributed by atoms with Crippen LogP contribution in [0.4, 0.5) is 0 Å². The Morgan fingerprint density at radius 2 is 0.565 bits per heavy atom. The van der Waals surface area contributed by atoms with Crippen molar-refractivity contribution in [2.75, 3.05) is 0 Å². The lowest BCUT2D eigenvalue weighted by Gasteiger charge is -2.13. The maximum Gasteiger partial charge on any atom is 0.164 e. The highest BCUT2D eigenvalue weighted by Gasteiger charge is 2.19. The molecule has 0 amide bonds. The maximum absolute atomic E-state index is 5.20. The quantitative estimate of drug-likeness (QED) is 0.162. The Morgan fingerprint density at radius 3 is 1.00 bits per heavy atom. The molecule has 62 heavy (non-hydrogen) atoms. The van der Waals surface area contributed by atoms with Crippen molar-refractivity contribution < 1.29 is 0 Å². The van der Waals surface area contributed by atoms with Crippen molar-refractivity contribution >= 4 is 43.6 Å². The zero-order chi connectivity index (χ0) is 41.0. The van der Waals surface area contributed by atoms with Gasteiger partial charge < -0.3 is 9.13 Å². The molecule has 0 bridgehead atoms. The standard InChI is InChI=1S/C57H37N5/c1-5-17-38(18-6-1)55-58-56(39-19-7-2-8-20-39)60-57(59-55)44-34-42(40-29-31-53-49(36-40)47-25-13-15-27-51(47)61(53)45-21-9-3-10-22-45)33-43(35-44)41-30-32-54-50(37-41)48-26-14-16-28-52(48)62(54)46-23-11-4-12-24-46/h1-37H. The number of para-hydroxylation sites is 4. The van der Waals surface area contributed by atoms with Gasteiger partial charge in [0.25, 0.3) is 0 Å².